The molecule has 2 aromatic carbocycles. The van der Waals surface area contributed by atoms with E-state index in [9.17, 15) is 9.90 Å². The summed E-state index contributed by atoms with van der Waals surface area (Å²) in [5, 5.41) is 12.3. The van der Waals surface area contributed by atoms with Gasteiger partial charge in [0.05, 0.1) is 18.7 Å². The number of rotatable bonds is 6. The van der Waals surface area contributed by atoms with Crippen molar-refractivity contribution in [2.24, 2.45) is 0 Å². The fraction of sp³-hybridized carbons (Fsp3) is 0.235. The van der Waals surface area contributed by atoms with Crippen LogP contribution in [0.2, 0.25) is 5.02 Å². The van der Waals surface area contributed by atoms with Crippen molar-refractivity contribution in [2.75, 3.05) is 19.0 Å². The molecule has 0 aliphatic carbocycles. The Morgan fingerprint density at radius 1 is 1.22 bits per heavy atom. The fourth-order valence-corrected chi connectivity index (χ4v) is 2.16. The van der Waals surface area contributed by atoms with Gasteiger partial charge in [-0.2, -0.15) is 0 Å². The van der Waals surface area contributed by atoms with Crippen molar-refractivity contribution in [1.82, 2.24) is 0 Å². The van der Waals surface area contributed by atoms with Gasteiger partial charge in [-0.1, -0.05) is 29.3 Å². The fourth-order valence-electron chi connectivity index (χ4n) is 1.95. The lowest BCUT2D eigenvalue weighted by atomic mass is 10.2. The Morgan fingerprint density at radius 2 is 1.91 bits per heavy atom. The van der Waals surface area contributed by atoms with Crippen molar-refractivity contribution < 1.29 is 19.4 Å². The van der Waals surface area contributed by atoms with Crippen molar-refractivity contribution in [2.45, 2.75) is 13.5 Å². The maximum Gasteiger partial charge on any atom is 0.262 e. The van der Waals surface area contributed by atoms with E-state index >= 15 is 0 Å². The summed E-state index contributed by atoms with van der Waals surface area (Å²) in [5.41, 5.74) is 2.34. The minimum Gasteiger partial charge on any atom is -0.493 e. The highest BCUT2D eigenvalue weighted by Gasteiger charge is 2.12. The first-order chi connectivity index (χ1) is 11.0. The predicted octanol–water partition coefficient (Wildman–Crippen LogP) is 3.17. The van der Waals surface area contributed by atoms with Crippen molar-refractivity contribution in [3.8, 4) is 11.5 Å². The predicted molar refractivity (Wildman–Crippen MR) is 89.2 cm³/mol. The lowest BCUT2D eigenvalue weighted by molar-refractivity contribution is -0.118. The number of hydrogen-bond donors (Lipinski definition) is 2. The van der Waals surface area contributed by atoms with E-state index in [1.54, 1.807) is 6.07 Å². The number of carbonyl (C=O) groups excluding carboxylic acids is 1. The number of hydrogen-bond acceptors (Lipinski definition) is 4. The first-order valence-electron chi connectivity index (χ1n) is 7.00. The molecule has 0 atom stereocenters. The third-order valence-corrected chi connectivity index (χ3v) is 3.55. The van der Waals surface area contributed by atoms with E-state index in [-0.39, 0.29) is 19.1 Å². The molecule has 2 aromatic rings. The number of ether oxygens (including phenoxy) is 2. The van der Waals surface area contributed by atoms with Gasteiger partial charge in [0.25, 0.3) is 5.91 Å². The molecule has 6 heteroatoms. The molecule has 0 bridgehead atoms. The maximum atomic E-state index is 11.9. The van der Waals surface area contributed by atoms with Crippen LogP contribution in [-0.4, -0.2) is 24.7 Å². The average Bonchev–Trinajstić information content (AvgIpc) is 2.55. The minimum atomic E-state index is -0.293. The summed E-state index contributed by atoms with van der Waals surface area (Å²) in [6.45, 7) is 1.59. The van der Waals surface area contributed by atoms with E-state index in [1.165, 1.54) is 13.2 Å². The second kappa shape index (κ2) is 7.85. The van der Waals surface area contributed by atoms with E-state index < -0.39 is 0 Å². The smallest absolute Gasteiger partial charge is 0.262 e. The molecule has 0 aromatic heterocycles. The Kier molecular flexibility index (Phi) is 5.84. The number of methoxy groups -OCH3 is 1. The second-order valence-electron chi connectivity index (χ2n) is 4.96. The molecule has 2 N–H and O–H groups in total. The van der Waals surface area contributed by atoms with Gasteiger partial charge >= 0.3 is 0 Å². The quantitative estimate of drug-likeness (QED) is 0.851. The zero-order valence-electron chi connectivity index (χ0n) is 12.9. The summed E-state index contributed by atoms with van der Waals surface area (Å²) in [4.78, 5) is 11.9. The number of carbonyl (C=O) groups is 1. The number of amides is 1. The molecule has 0 heterocycles. The van der Waals surface area contributed by atoms with Crippen LogP contribution in [0.1, 0.15) is 11.1 Å². The minimum absolute atomic E-state index is 0.182. The Balaban J connectivity index is 2.01. The molecule has 0 saturated heterocycles. The van der Waals surface area contributed by atoms with Gasteiger partial charge in [0, 0.05) is 11.8 Å². The highest BCUT2D eigenvalue weighted by molar-refractivity contribution is 6.31. The lowest BCUT2D eigenvalue weighted by Gasteiger charge is -2.13. The van der Waals surface area contributed by atoms with Crippen molar-refractivity contribution >= 4 is 23.2 Å². The standard InChI is InChI=1S/C17H18ClNO4/c1-11-3-5-13(6-4-11)19-17(21)10-23-16-8-14(18)12(9-20)7-15(16)22-2/h3-8,20H,9-10H2,1-2H3,(H,19,21). The molecule has 5 nitrogen and oxygen atoms in total. The summed E-state index contributed by atoms with van der Waals surface area (Å²) in [7, 11) is 1.48. The van der Waals surface area contributed by atoms with Crippen molar-refractivity contribution in [1.29, 1.82) is 0 Å². The number of nitrogens with one attached hydrogen (secondary N) is 1. The van der Waals surface area contributed by atoms with Gasteiger partial charge in [-0.05, 0) is 30.7 Å². The molecule has 1 amide bonds. The number of anilines is 1. The van der Waals surface area contributed by atoms with Gasteiger partial charge in [-0.15, -0.1) is 0 Å². The Labute approximate surface area is 139 Å². The van der Waals surface area contributed by atoms with E-state index in [0.29, 0.717) is 27.8 Å². The molecule has 0 radical (unpaired) electrons. The molecular weight excluding hydrogens is 318 g/mol. The summed E-state index contributed by atoms with van der Waals surface area (Å²) in [6, 6.07) is 10.6. The van der Waals surface area contributed by atoms with Gasteiger partial charge in [0.1, 0.15) is 0 Å². The normalized spacial score (nSPS) is 10.3. The van der Waals surface area contributed by atoms with Crippen LogP contribution in [0.15, 0.2) is 36.4 Å². The summed E-state index contributed by atoms with van der Waals surface area (Å²) in [6.07, 6.45) is 0. The second-order valence-corrected chi connectivity index (χ2v) is 5.36. The van der Waals surface area contributed by atoms with Crippen LogP contribution in [0, 0.1) is 6.92 Å². The number of halogens is 1. The number of aryl methyl sites for hydroxylation is 1. The van der Waals surface area contributed by atoms with Crippen LogP contribution in [0.4, 0.5) is 5.69 Å². The Morgan fingerprint density at radius 3 is 2.52 bits per heavy atom. The Hall–Kier alpha value is -2.24. The zero-order valence-corrected chi connectivity index (χ0v) is 13.7. The molecule has 2 rings (SSSR count). The van der Waals surface area contributed by atoms with Crippen molar-refractivity contribution in [3.05, 3.63) is 52.5 Å². The van der Waals surface area contributed by atoms with E-state index in [0.717, 1.165) is 5.56 Å². The van der Waals surface area contributed by atoms with Gasteiger partial charge in [-0.25, -0.2) is 0 Å². The summed E-state index contributed by atoms with van der Waals surface area (Å²) >= 11 is 6.02. The molecule has 122 valence electrons. The third kappa shape index (κ3) is 4.61. The van der Waals surface area contributed by atoms with Gasteiger partial charge < -0.3 is 19.9 Å². The molecule has 0 aliphatic heterocycles. The zero-order chi connectivity index (χ0) is 16.8. The van der Waals surface area contributed by atoms with Crippen molar-refractivity contribution in [3.63, 3.8) is 0 Å². The van der Waals surface area contributed by atoms with E-state index in [4.69, 9.17) is 21.1 Å². The van der Waals surface area contributed by atoms with Gasteiger partial charge in [0.2, 0.25) is 0 Å². The average molecular weight is 336 g/mol. The maximum absolute atomic E-state index is 11.9. The highest BCUT2D eigenvalue weighted by Crippen LogP contribution is 2.33. The van der Waals surface area contributed by atoms with Gasteiger partial charge in [-0.3, -0.25) is 4.79 Å². The number of aliphatic hydroxyl groups is 1. The first-order valence-corrected chi connectivity index (χ1v) is 7.38. The third-order valence-electron chi connectivity index (χ3n) is 3.20. The highest BCUT2D eigenvalue weighted by atomic mass is 35.5. The topological polar surface area (TPSA) is 67.8 Å². The number of benzene rings is 2. The molecule has 0 spiro atoms. The van der Waals surface area contributed by atoms with E-state index in [2.05, 4.69) is 5.32 Å². The summed E-state index contributed by atoms with van der Waals surface area (Å²) < 4.78 is 10.6. The van der Waals surface area contributed by atoms with Crippen LogP contribution in [0.5, 0.6) is 11.5 Å². The molecule has 23 heavy (non-hydrogen) atoms. The van der Waals surface area contributed by atoms with Crippen LogP contribution < -0.4 is 14.8 Å². The molecule has 0 fully saturated rings. The van der Waals surface area contributed by atoms with Gasteiger partial charge in [0.15, 0.2) is 18.1 Å². The molecule has 0 aliphatic rings. The SMILES string of the molecule is COc1cc(CO)c(Cl)cc1OCC(=O)Nc1ccc(C)cc1. The Bertz CT molecular complexity index is 686. The van der Waals surface area contributed by atoms with E-state index in [1.807, 2.05) is 31.2 Å². The van der Waals surface area contributed by atoms with Crippen LogP contribution in [0.25, 0.3) is 0 Å². The molecule has 0 saturated carbocycles. The molecule has 0 unspecified atom stereocenters. The van der Waals surface area contributed by atoms with Crippen LogP contribution >= 0.6 is 11.6 Å². The first kappa shape index (κ1) is 17.1. The largest absolute Gasteiger partial charge is 0.493 e. The molecular formula is C17H18ClNO4. The monoisotopic (exact) mass is 335 g/mol. The number of aliphatic hydroxyl groups excluding tert-OH is 1. The van der Waals surface area contributed by atoms with Crippen LogP contribution in [-0.2, 0) is 11.4 Å². The summed E-state index contributed by atoms with van der Waals surface area (Å²) in [5.74, 6) is 0.452. The van der Waals surface area contributed by atoms with Crippen LogP contribution in [0.3, 0.4) is 0 Å². The lowest BCUT2D eigenvalue weighted by Crippen LogP contribution is -2.20.